The molecule has 2 spiro atoms. The third-order valence-corrected chi connectivity index (χ3v) is 11.3. The van der Waals surface area contributed by atoms with Crippen LogP contribution in [-0.4, -0.2) is 4.75 Å². The molecular weight excluding hydrogens is 303 g/mol. The van der Waals surface area contributed by atoms with Gasteiger partial charge in [0.25, 0.3) is 0 Å². The topological polar surface area (TPSA) is 0 Å². The zero-order valence-corrected chi connectivity index (χ0v) is 11.0. The summed E-state index contributed by atoms with van der Waals surface area (Å²) in [7, 11) is 2.25. The van der Waals surface area contributed by atoms with Crippen LogP contribution < -0.4 is 0 Å². The Labute approximate surface area is 101 Å². The molecule has 14 heavy (non-hydrogen) atoms. The molecule has 0 aromatic carbocycles. The Hall–Kier alpha value is 1.08. The summed E-state index contributed by atoms with van der Waals surface area (Å²) in [6.45, 7) is 0. The Bertz CT molecular complexity index is 401. The van der Waals surface area contributed by atoms with Gasteiger partial charge in [-0.3, -0.25) is 0 Å². The summed E-state index contributed by atoms with van der Waals surface area (Å²) in [5.74, 6) is 6.13. The van der Waals surface area contributed by atoms with Crippen molar-refractivity contribution in [2.45, 2.75) is 30.4 Å². The molecule has 0 aromatic rings. The van der Waals surface area contributed by atoms with Crippen LogP contribution in [0.5, 0.6) is 0 Å². The second kappa shape index (κ2) is 1.58. The molecule has 2 heteroatoms. The van der Waals surface area contributed by atoms with Crippen molar-refractivity contribution in [1.29, 1.82) is 0 Å². The molecule has 8 atom stereocenters. The number of hydrogen-bond donors (Lipinski definition) is 0. The second-order valence-electron chi connectivity index (χ2n) is 6.84. The molecule has 0 radical (unpaired) electrons. The van der Waals surface area contributed by atoms with E-state index in [0.717, 1.165) is 15.6 Å². The van der Waals surface area contributed by atoms with Gasteiger partial charge in [-0.15, -0.1) is 0 Å². The Morgan fingerprint density at radius 1 is 1.07 bits per heavy atom. The van der Waals surface area contributed by atoms with Crippen molar-refractivity contribution < 1.29 is 0 Å². The van der Waals surface area contributed by atoms with Crippen LogP contribution in [0.25, 0.3) is 0 Å². The molecule has 0 aromatic heterocycles. The summed E-state index contributed by atoms with van der Waals surface area (Å²) in [5, 5.41) is 0. The number of halogens is 1. The Morgan fingerprint density at radius 3 is 2.64 bits per heavy atom. The minimum absolute atomic E-state index is 0.842. The molecule has 6 fully saturated rings. The van der Waals surface area contributed by atoms with Crippen LogP contribution >= 0.6 is 30.1 Å². The maximum Gasteiger partial charge on any atom is 0.0364 e. The summed E-state index contributed by atoms with van der Waals surface area (Å²) in [5.41, 5.74) is 1.99. The van der Waals surface area contributed by atoms with E-state index in [2.05, 4.69) is 30.1 Å². The predicted molar refractivity (Wildman–Crippen MR) is 65.1 cm³/mol. The molecular formula is C12H13IS. The smallest absolute Gasteiger partial charge is 0.0364 e. The van der Waals surface area contributed by atoms with E-state index in [0.29, 0.717) is 0 Å². The molecule has 74 valence electrons. The van der Waals surface area contributed by atoms with Crippen LogP contribution in [0.4, 0.5) is 0 Å². The van der Waals surface area contributed by atoms with Gasteiger partial charge in [-0.25, -0.2) is 0 Å². The molecule has 0 aliphatic heterocycles. The highest BCUT2D eigenvalue weighted by atomic mass is 127. The summed E-state index contributed by atoms with van der Waals surface area (Å²) < 4.78 is 0.842. The lowest BCUT2D eigenvalue weighted by Gasteiger charge is -3.08. The van der Waals surface area contributed by atoms with Gasteiger partial charge in [-0.05, 0) is 87.3 Å². The van der Waals surface area contributed by atoms with Gasteiger partial charge in [0, 0.05) is 4.75 Å². The molecule has 6 saturated carbocycles. The third-order valence-electron chi connectivity index (χ3n) is 7.84. The van der Waals surface area contributed by atoms with Crippen molar-refractivity contribution in [2.24, 2.45) is 40.4 Å². The normalized spacial score (nSPS) is 87.6. The van der Waals surface area contributed by atoms with E-state index in [-0.39, 0.29) is 0 Å². The van der Waals surface area contributed by atoms with Crippen molar-refractivity contribution in [1.82, 2.24) is 0 Å². The Balaban J connectivity index is 1.63. The molecule has 6 aliphatic carbocycles. The second-order valence-corrected chi connectivity index (χ2v) is 9.04. The van der Waals surface area contributed by atoms with Crippen molar-refractivity contribution in [3.8, 4) is 0 Å². The number of fused-ring (bicyclic) bond motifs is 2. The van der Waals surface area contributed by atoms with Gasteiger partial charge in [-0.2, -0.15) is 0 Å². The first-order valence-electron chi connectivity index (χ1n) is 6.14. The molecule has 0 nitrogen and oxygen atoms in total. The lowest BCUT2D eigenvalue weighted by atomic mass is 8.98. The molecule has 6 rings (SSSR count). The standard InChI is InChI=1S/C12H13IS/c13-14-10-4-6-2-8-7-1-5-3-9(10)11(5,7)12(6,8)10/h5-9H,1-4H2. The van der Waals surface area contributed by atoms with Gasteiger partial charge in [0.1, 0.15) is 0 Å². The summed E-state index contributed by atoms with van der Waals surface area (Å²) >= 11 is 2.63. The van der Waals surface area contributed by atoms with E-state index in [1.165, 1.54) is 29.6 Å². The van der Waals surface area contributed by atoms with E-state index >= 15 is 0 Å². The van der Waals surface area contributed by atoms with Gasteiger partial charge in [0.05, 0.1) is 0 Å². The van der Waals surface area contributed by atoms with Gasteiger partial charge in [0.2, 0.25) is 0 Å². The molecule has 0 heterocycles. The van der Waals surface area contributed by atoms with E-state index in [4.69, 9.17) is 0 Å². The molecule has 0 bridgehead atoms. The lowest BCUT2D eigenvalue weighted by Crippen LogP contribution is -3.07. The molecule has 6 aliphatic rings. The minimum Gasteiger partial charge on any atom is -0.0816 e. The lowest BCUT2D eigenvalue weighted by molar-refractivity contribution is -0.573. The van der Waals surface area contributed by atoms with Crippen molar-refractivity contribution in [2.75, 3.05) is 0 Å². The van der Waals surface area contributed by atoms with E-state index in [1.54, 1.807) is 25.7 Å². The van der Waals surface area contributed by atoms with Crippen LogP contribution in [0.2, 0.25) is 0 Å². The largest absolute Gasteiger partial charge is 0.0816 e. The van der Waals surface area contributed by atoms with E-state index in [1.807, 2.05) is 0 Å². The minimum atomic E-state index is 0.842. The zero-order chi connectivity index (χ0) is 8.92. The average Bonchev–Trinajstić information content (AvgIpc) is 2.13. The van der Waals surface area contributed by atoms with Crippen LogP contribution in [0.15, 0.2) is 0 Å². The highest BCUT2D eigenvalue weighted by molar-refractivity contribution is 14.2. The summed E-state index contributed by atoms with van der Waals surface area (Å²) in [6, 6.07) is 0. The number of rotatable bonds is 1. The fraction of sp³-hybridized carbons (Fsp3) is 1.00. The maximum atomic E-state index is 2.63. The monoisotopic (exact) mass is 316 g/mol. The number of hydrogen-bond acceptors (Lipinski definition) is 1. The first-order chi connectivity index (χ1) is 6.84. The van der Waals surface area contributed by atoms with Gasteiger partial charge < -0.3 is 0 Å². The summed E-state index contributed by atoms with van der Waals surface area (Å²) in [6.07, 6.45) is 6.54. The van der Waals surface area contributed by atoms with Crippen molar-refractivity contribution in [3.05, 3.63) is 0 Å². The first-order valence-corrected chi connectivity index (χ1v) is 9.49. The Kier molecular flexibility index (Phi) is 0.835. The molecule has 8 unspecified atom stereocenters. The van der Waals surface area contributed by atoms with Crippen molar-refractivity contribution >= 4 is 30.1 Å². The quantitative estimate of drug-likeness (QED) is 0.667. The highest BCUT2D eigenvalue weighted by Gasteiger charge is 3.06. The Morgan fingerprint density at radius 2 is 1.93 bits per heavy atom. The van der Waals surface area contributed by atoms with Gasteiger partial charge in [-0.1, -0.05) is 8.93 Å². The van der Waals surface area contributed by atoms with Crippen LogP contribution in [0.1, 0.15) is 25.7 Å². The third kappa shape index (κ3) is 0.305. The van der Waals surface area contributed by atoms with Crippen LogP contribution in [0.3, 0.4) is 0 Å². The van der Waals surface area contributed by atoms with Crippen LogP contribution in [0, 0.1) is 40.4 Å². The average molecular weight is 316 g/mol. The predicted octanol–water partition coefficient (Wildman–Crippen LogP) is 3.50. The molecule has 0 N–H and O–H groups in total. The fourth-order valence-electron chi connectivity index (χ4n) is 8.05. The SMILES string of the molecule is ISC12CC3CC4C5CC6CC1C65C342. The van der Waals surface area contributed by atoms with Gasteiger partial charge >= 0.3 is 0 Å². The first kappa shape index (κ1) is 7.41. The summed E-state index contributed by atoms with van der Waals surface area (Å²) in [4.78, 5) is 0. The fourth-order valence-corrected chi connectivity index (χ4v) is 11.9. The maximum absolute atomic E-state index is 2.63. The van der Waals surface area contributed by atoms with Crippen LogP contribution in [-0.2, 0) is 0 Å². The highest BCUT2D eigenvalue weighted by Crippen LogP contribution is 3.09. The van der Waals surface area contributed by atoms with E-state index in [9.17, 15) is 0 Å². The molecule has 0 saturated heterocycles. The zero-order valence-electron chi connectivity index (χ0n) is 8.00. The van der Waals surface area contributed by atoms with Crippen molar-refractivity contribution in [3.63, 3.8) is 0 Å². The molecule has 0 amide bonds. The van der Waals surface area contributed by atoms with Gasteiger partial charge in [0.15, 0.2) is 0 Å². The van der Waals surface area contributed by atoms with E-state index < -0.39 is 0 Å².